The second kappa shape index (κ2) is 4.41. The topological polar surface area (TPSA) is 50.2 Å². The minimum atomic E-state index is -0.663. The summed E-state index contributed by atoms with van der Waals surface area (Å²) in [6, 6.07) is 8.07. The number of pyridine rings is 1. The lowest BCUT2D eigenvalue weighted by Crippen LogP contribution is -2.17. The van der Waals surface area contributed by atoms with Gasteiger partial charge in [0, 0.05) is 17.8 Å². The van der Waals surface area contributed by atoms with E-state index in [1.807, 2.05) is 24.4 Å². The largest absolute Gasteiger partial charge is 0.481 e. The number of hydrogen-bond acceptors (Lipinski definition) is 2. The van der Waals surface area contributed by atoms with Gasteiger partial charge in [0.05, 0.1) is 5.92 Å². The molecule has 0 amide bonds. The van der Waals surface area contributed by atoms with Crippen LogP contribution in [0.15, 0.2) is 36.7 Å². The number of carbonyl (C=O) groups is 1. The van der Waals surface area contributed by atoms with Gasteiger partial charge in [-0.05, 0) is 35.8 Å². The SMILES string of the molecule is O=C(O)C1CCCC1c1cccc2cnccc12. The lowest BCUT2D eigenvalue weighted by atomic mass is 9.86. The van der Waals surface area contributed by atoms with Gasteiger partial charge < -0.3 is 5.11 Å². The van der Waals surface area contributed by atoms with Gasteiger partial charge in [0.1, 0.15) is 0 Å². The molecule has 0 bridgehead atoms. The summed E-state index contributed by atoms with van der Waals surface area (Å²) < 4.78 is 0. The van der Waals surface area contributed by atoms with E-state index in [0.29, 0.717) is 0 Å². The Morgan fingerprint density at radius 1 is 1.28 bits per heavy atom. The molecule has 18 heavy (non-hydrogen) atoms. The van der Waals surface area contributed by atoms with E-state index in [9.17, 15) is 9.90 Å². The van der Waals surface area contributed by atoms with Crippen LogP contribution in [0.4, 0.5) is 0 Å². The molecule has 2 aromatic rings. The van der Waals surface area contributed by atoms with Gasteiger partial charge in [-0.25, -0.2) is 0 Å². The fraction of sp³-hybridized carbons (Fsp3) is 0.333. The van der Waals surface area contributed by atoms with E-state index < -0.39 is 5.97 Å². The summed E-state index contributed by atoms with van der Waals surface area (Å²) in [6.45, 7) is 0. The maximum Gasteiger partial charge on any atom is 0.307 e. The van der Waals surface area contributed by atoms with Gasteiger partial charge in [-0.1, -0.05) is 24.6 Å². The van der Waals surface area contributed by atoms with Crippen molar-refractivity contribution in [3.05, 3.63) is 42.2 Å². The Balaban J connectivity index is 2.11. The Kier molecular flexibility index (Phi) is 2.74. The summed E-state index contributed by atoms with van der Waals surface area (Å²) in [7, 11) is 0. The van der Waals surface area contributed by atoms with Crippen molar-refractivity contribution in [1.82, 2.24) is 4.98 Å². The minimum Gasteiger partial charge on any atom is -0.481 e. The van der Waals surface area contributed by atoms with Crippen molar-refractivity contribution in [2.45, 2.75) is 25.2 Å². The smallest absolute Gasteiger partial charge is 0.307 e. The average molecular weight is 241 g/mol. The zero-order valence-electron chi connectivity index (χ0n) is 10.0. The molecular weight excluding hydrogens is 226 g/mol. The zero-order valence-corrected chi connectivity index (χ0v) is 10.0. The molecule has 2 atom stereocenters. The fourth-order valence-corrected chi connectivity index (χ4v) is 3.10. The monoisotopic (exact) mass is 241 g/mol. The molecule has 0 aliphatic heterocycles. The van der Waals surface area contributed by atoms with E-state index in [2.05, 4.69) is 11.1 Å². The van der Waals surface area contributed by atoms with Gasteiger partial charge in [0.25, 0.3) is 0 Å². The van der Waals surface area contributed by atoms with Crippen LogP contribution in [0.5, 0.6) is 0 Å². The standard InChI is InChI=1S/C15H15NO2/c17-15(18)14-6-2-5-13(14)12-4-1-3-10-9-16-8-7-11(10)12/h1,3-4,7-9,13-14H,2,5-6H2,(H,17,18). The van der Waals surface area contributed by atoms with Crippen LogP contribution in [0, 0.1) is 5.92 Å². The fourth-order valence-electron chi connectivity index (χ4n) is 3.10. The van der Waals surface area contributed by atoms with Crippen LogP contribution in [0.3, 0.4) is 0 Å². The van der Waals surface area contributed by atoms with Crippen LogP contribution in [0.25, 0.3) is 10.8 Å². The number of aromatic nitrogens is 1. The number of hydrogen-bond donors (Lipinski definition) is 1. The minimum absolute atomic E-state index is 0.147. The number of benzene rings is 1. The first kappa shape index (κ1) is 11.2. The maximum atomic E-state index is 11.3. The van der Waals surface area contributed by atoms with Crippen molar-refractivity contribution >= 4 is 16.7 Å². The third kappa shape index (κ3) is 1.76. The molecule has 1 saturated carbocycles. The molecule has 3 nitrogen and oxygen atoms in total. The van der Waals surface area contributed by atoms with Crippen LogP contribution in [0.1, 0.15) is 30.7 Å². The van der Waals surface area contributed by atoms with E-state index in [0.717, 1.165) is 30.0 Å². The molecule has 1 aliphatic carbocycles. The Bertz CT molecular complexity index is 589. The third-order valence-corrected chi connectivity index (χ3v) is 3.95. The van der Waals surface area contributed by atoms with E-state index in [4.69, 9.17) is 0 Å². The number of fused-ring (bicyclic) bond motifs is 1. The second-order valence-electron chi connectivity index (χ2n) is 4.93. The zero-order chi connectivity index (χ0) is 12.5. The van der Waals surface area contributed by atoms with E-state index in [1.54, 1.807) is 6.20 Å². The van der Waals surface area contributed by atoms with Gasteiger partial charge in [0.15, 0.2) is 0 Å². The van der Waals surface area contributed by atoms with Crippen LogP contribution in [-0.4, -0.2) is 16.1 Å². The van der Waals surface area contributed by atoms with Gasteiger partial charge in [-0.3, -0.25) is 9.78 Å². The number of rotatable bonds is 2. The van der Waals surface area contributed by atoms with Crippen molar-refractivity contribution in [3.63, 3.8) is 0 Å². The first-order valence-electron chi connectivity index (χ1n) is 6.33. The van der Waals surface area contributed by atoms with Crippen LogP contribution < -0.4 is 0 Å². The quantitative estimate of drug-likeness (QED) is 0.878. The highest BCUT2D eigenvalue weighted by atomic mass is 16.4. The predicted molar refractivity (Wildman–Crippen MR) is 69.5 cm³/mol. The van der Waals surface area contributed by atoms with Crippen molar-refractivity contribution in [3.8, 4) is 0 Å². The molecule has 2 unspecified atom stereocenters. The molecule has 3 heteroatoms. The highest BCUT2D eigenvalue weighted by molar-refractivity contribution is 5.86. The lowest BCUT2D eigenvalue weighted by molar-refractivity contribution is -0.141. The normalized spacial score (nSPS) is 23.3. The van der Waals surface area contributed by atoms with E-state index in [1.165, 1.54) is 5.56 Å². The molecule has 92 valence electrons. The molecule has 1 aromatic carbocycles. The highest BCUT2D eigenvalue weighted by Crippen LogP contribution is 2.42. The van der Waals surface area contributed by atoms with Crippen molar-refractivity contribution < 1.29 is 9.90 Å². The van der Waals surface area contributed by atoms with Crippen molar-refractivity contribution in [1.29, 1.82) is 0 Å². The van der Waals surface area contributed by atoms with Gasteiger partial charge in [0.2, 0.25) is 0 Å². The van der Waals surface area contributed by atoms with Crippen molar-refractivity contribution in [2.75, 3.05) is 0 Å². The summed E-state index contributed by atoms with van der Waals surface area (Å²) in [5.74, 6) is -0.749. The number of aliphatic carboxylic acids is 1. The Morgan fingerprint density at radius 2 is 2.17 bits per heavy atom. The van der Waals surface area contributed by atoms with Crippen molar-refractivity contribution in [2.24, 2.45) is 5.92 Å². The van der Waals surface area contributed by atoms with Gasteiger partial charge >= 0.3 is 5.97 Å². The summed E-state index contributed by atoms with van der Waals surface area (Å²) in [5, 5.41) is 11.5. The predicted octanol–water partition coefficient (Wildman–Crippen LogP) is 3.20. The first-order chi connectivity index (χ1) is 8.77. The Hall–Kier alpha value is -1.90. The summed E-state index contributed by atoms with van der Waals surface area (Å²) >= 11 is 0. The maximum absolute atomic E-state index is 11.3. The molecule has 1 fully saturated rings. The number of nitrogens with zero attached hydrogens (tertiary/aromatic N) is 1. The van der Waals surface area contributed by atoms with Crippen LogP contribution in [-0.2, 0) is 4.79 Å². The highest BCUT2D eigenvalue weighted by Gasteiger charge is 2.34. The average Bonchev–Trinajstić information content (AvgIpc) is 2.87. The summed E-state index contributed by atoms with van der Waals surface area (Å²) in [4.78, 5) is 15.4. The third-order valence-electron chi connectivity index (χ3n) is 3.95. The van der Waals surface area contributed by atoms with E-state index >= 15 is 0 Å². The molecule has 0 radical (unpaired) electrons. The molecule has 1 aromatic heterocycles. The van der Waals surface area contributed by atoms with E-state index in [-0.39, 0.29) is 11.8 Å². The number of carboxylic acids is 1. The molecule has 1 N–H and O–H groups in total. The van der Waals surface area contributed by atoms with Gasteiger partial charge in [-0.2, -0.15) is 0 Å². The summed E-state index contributed by atoms with van der Waals surface area (Å²) in [6.07, 6.45) is 6.38. The molecular formula is C15H15NO2. The van der Waals surface area contributed by atoms with Crippen LogP contribution in [0.2, 0.25) is 0 Å². The molecule has 0 spiro atoms. The molecule has 1 heterocycles. The first-order valence-corrected chi connectivity index (χ1v) is 6.33. The Labute approximate surface area is 105 Å². The molecule has 1 aliphatic rings. The van der Waals surface area contributed by atoms with Gasteiger partial charge in [-0.15, -0.1) is 0 Å². The lowest BCUT2D eigenvalue weighted by Gasteiger charge is -2.18. The Morgan fingerprint density at radius 3 is 3.00 bits per heavy atom. The molecule has 0 saturated heterocycles. The summed E-state index contributed by atoms with van der Waals surface area (Å²) in [5.41, 5.74) is 1.17. The van der Waals surface area contributed by atoms with Crippen LogP contribution >= 0.6 is 0 Å². The second-order valence-corrected chi connectivity index (χ2v) is 4.93. The number of carboxylic acid groups (broad SMARTS) is 1. The molecule has 3 rings (SSSR count).